The van der Waals surface area contributed by atoms with Gasteiger partial charge in [0.25, 0.3) is 0 Å². The minimum Gasteiger partial charge on any atom is -0.462 e. The number of rotatable bonds is 4. The molecule has 2 aliphatic carbocycles. The van der Waals surface area contributed by atoms with Crippen molar-refractivity contribution in [1.29, 1.82) is 0 Å². The number of hydrogen-bond donors (Lipinski definition) is 1. The summed E-state index contributed by atoms with van der Waals surface area (Å²) in [6, 6.07) is 14.2. The van der Waals surface area contributed by atoms with Gasteiger partial charge in [0.1, 0.15) is 0 Å². The average Bonchev–Trinajstić information content (AvgIpc) is 3.64. The number of hydrogen-bond acceptors (Lipinski definition) is 7. The van der Waals surface area contributed by atoms with Crippen LogP contribution in [0.3, 0.4) is 0 Å². The van der Waals surface area contributed by atoms with Gasteiger partial charge < -0.3 is 9.72 Å². The Bertz CT molecular complexity index is 1530. The van der Waals surface area contributed by atoms with Crippen LogP contribution in [0.15, 0.2) is 58.4 Å². The quantitative estimate of drug-likeness (QED) is 0.355. The van der Waals surface area contributed by atoms with Crippen LogP contribution in [0.2, 0.25) is 5.02 Å². The third-order valence-electron chi connectivity index (χ3n) is 8.59. The van der Waals surface area contributed by atoms with E-state index < -0.39 is 5.97 Å². The van der Waals surface area contributed by atoms with Gasteiger partial charge in [0.2, 0.25) is 11.8 Å². The molecule has 3 heterocycles. The number of esters is 1. The Labute approximate surface area is 231 Å². The van der Waals surface area contributed by atoms with E-state index in [0.717, 1.165) is 21.9 Å². The lowest BCUT2D eigenvalue weighted by Gasteiger charge is -2.43. The molecule has 7 nitrogen and oxygen atoms in total. The zero-order chi connectivity index (χ0) is 26.3. The molecule has 194 valence electrons. The Morgan fingerprint density at radius 2 is 1.71 bits per heavy atom. The summed E-state index contributed by atoms with van der Waals surface area (Å²) in [7, 11) is 0. The van der Waals surface area contributed by atoms with Crippen LogP contribution in [-0.4, -0.2) is 34.6 Å². The fraction of sp³-hybridized carbons (Fsp3) is 0.357. The van der Waals surface area contributed by atoms with Gasteiger partial charge in [-0.25, -0.2) is 4.79 Å². The third-order valence-corrected chi connectivity index (χ3v) is 11.4. The molecule has 2 saturated carbocycles. The summed E-state index contributed by atoms with van der Waals surface area (Å²) >= 11 is 9.09. The largest absolute Gasteiger partial charge is 0.462 e. The molecule has 0 spiro atoms. The maximum absolute atomic E-state index is 13.9. The standard InChI is InChI=1S/C28H23ClN2O5S2/c1-2-36-27(34)13-5-9-15(10-6-13)31-25(32)20-16-11-17(21(20)26(31)33)22-19(16)18(12-3-7-14(29)8-4-12)23-24(37-22)30-28(35)38-23/h3-10,16-22H,2,11H2,1H3,(H,30,35)/t16-,17-,18-,19-,20-,21-,22+/m0/s1. The number of aromatic amines is 1. The SMILES string of the molecule is CCOC(=O)c1ccc(N2C(=O)[C@H]3[C@@H]4C[C@H]([C@@H]3C2=O)[C@H]2[C@H](c3ccc(Cl)cc3)c3sc(=O)[nH]c3S[C@H]42)cc1. The van der Waals surface area contributed by atoms with E-state index in [1.807, 2.05) is 24.3 Å². The number of thiazole rings is 1. The Hall–Kier alpha value is -2.88. The number of amides is 2. The second-order valence-electron chi connectivity index (χ2n) is 10.3. The van der Waals surface area contributed by atoms with Crippen molar-refractivity contribution in [2.45, 2.75) is 29.5 Å². The average molecular weight is 567 g/mol. The van der Waals surface area contributed by atoms with Gasteiger partial charge in [-0.2, -0.15) is 0 Å². The molecule has 2 bridgehead atoms. The van der Waals surface area contributed by atoms with E-state index in [-0.39, 0.29) is 64.1 Å². The molecule has 38 heavy (non-hydrogen) atoms. The number of fused-ring (bicyclic) bond motifs is 9. The van der Waals surface area contributed by atoms with Gasteiger partial charge in [0.05, 0.1) is 34.7 Å². The van der Waals surface area contributed by atoms with Gasteiger partial charge in [-0.15, -0.1) is 11.8 Å². The smallest absolute Gasteiger partial charge is 0.338 e. The summed E-state index contributed by atoms with van der Waals surface area (Å²) in [6.45, 7) is 2.01. The Morgan fingerprint density at radius 3 is 2.39 bits per heavy atom. The molecule has 10 heteroatoms. The van der Waals surface area contributed by atoms with E-state index in [0.29, 0.717) is 16.3 Å². The predicted octanol–water partition coefficient (Wildman–Crippen LogP) is 4.94. The van der Waals surface area contributed by atoms with Gasteiger partial charge in [0.15, 0.2) is 0 Å². The first-order valence-electron chi connectivity index (χ1n) is 12.7. The third kappa shape index (κ3) is 3.41. The number of benzene rings is 2. The molecule has 0 radical (unpaired) electrons. The number of nitrogens with zero attached hydrogens (tertiary/aromatic N) is 1. The van der Waals surface area contributed by atoms with Crippen LogP contribution in [0.5, 0.6) is 0 Å². The summed E-state index contributed by atoms with van der Waals surface area (Å²) in [6.07, 6.45) is 0.827. The number of carbonyl (C=O) groups excluding carboxylic acids is 3. The maximum Gasteiger partial charge on any atom is 0.338 e. The van der Waals surface area contributed by atoms with E-state index in [9.17, 15) is 19.2 Å². The van der Waals surface area contributed by atoms with Gasteiger partial charge >= 0.3 is 10.8 Å². The normalized spacial score (nSPS) is 30.8. The number of halogens is 1. The van der Waals surface area contributed by atoms with E-state index in [1.165, 1.54) is 16.2 Å². The van der Waals surface area contributed by atoms with Crippen molar-refractivity contribution in [3.63, 3.8) is 0 Å². The molecule has 2 aliphatic heterocycles. The van der Waals surface area contributed by atoms with Crippen LogP contribution < -0.4 is 9.77 Å². The molecular weight excluding hydrogens is 544 g/mol. The van der Waals surface area contributed by atoms with Crippen LogP contribution in [0, 0.1) is 29.6 Å². The zero-order valence-corrected chi connectivity index (χ0v) is 22.6. The summed E-state index contributed by atoms with van der Waals surface area (Å²) in [5.41, 5.74) is 1.94. The first-order valence-corrected chi connectivity index (χ1v) is 14.7. The highest BCUT2D eigenvalue weighted by Crippen LogP contribution is 2.68. The number of ether oxygens (including phenoxy) is 1. The van der Waals surface area contributed by atoms with E-state index in [1.54, 1.807) is 43.0 Å². The highest BCUT2D eigenvalue weighted by atomic mass is 35.5. The summed E-state index contributed by atoms with van der Waals surface area (Å²) in [4.78, 5) is 57.3. The Balaban J connectivity index is 1.25. The van der Waals surface area contributed by atoms with Crippen molar-refractivity contribution < 1.29 is 19.1 Å². The summed E-state index contributed by atoms with van der Waals surface area (Å²) in [5.74, 6) is -1.34. The predicted molar refractivity (Wildman–Crippen MR) is 145 cm³/mol. The molecule has 2 amide bonds. The second-order valence-corrected chi connectivity index (χ2v) is 12.9. The number of carbonyl (C=O) groups is 3. The highest BCUT2D eigenvalue weighted by Gasteiger charge is 2.69. The van der Waals surface area contributed by atoms with Crippen molar-refractivity contribution in [2.24, 2.45) is 29.6 Å². The molecule has 7 rings (SSSR count). The molecule has 1 aromatic heterocycles. The molecule has 1 saturated heterocycles. The number of aromatic nitrogens is 1. The van der Waals surface area contributed by atoms with Gasteiger partial charge in [0, 0.05) is 21.1 Å². The Kier molecular flexibility index (Phi) is 5.62. The van der Waals surface area contributed by atoms with Crippen LogP contribution in [0.25, 0.3) is 0 Å². The van der Waals surface area contributed by atoms with Crippen LogP contribution in [0.1, 0.15) is 40.1 Å². The Morgan fingerprint density at radius 1 is 1.03 bits per heavy atom. The highest BCUT2D eigenvalue weighted by molar-refractivity contribution is 8.00. The molecule has 7 atom stereocenters. The number of H-pyrrole nitrogens is 1. The molecule has 1 N–H and O–H groups in total. The van der Waals surface area contributed by atoms with Crippen LogP contribution >= 0.6 is 34.7 Å². The lowest BCUT2D eigenvalue weighted by molar-refractivity contribution is -0.123. The van der Waals surface area contributed by atoms with Gasteiger partial charge in [-0.05, 0) is 73.1 Å². The van der Waals surface area contributed by atoms with Crippen molar-refractivity contribution in [3.8, 4) is 0 Å². The van der Waals surface area contributed by atoms with Crippen molar-refractivity contribution >= 4 is 58.2 Å². The first kappa shape index (κ1) is 24.2. The minimum atomic E-state index is -0.437. The molecule has 3 aromatic rings. The van der Waals surface area contributed by atoms with E-state index >= 15 is 0 Å². The molecule has 4 aliphatic rings. The maximum atomic E-state index is 13.9. The number of thioether (sulfide) groups is 1. The number of anilines is 1. The fourth-order valence-corrected chi connectivity index (χ4v) is 10.3. The number of nitrogens with one attached hydrogen (secondary N) is 1. The van der Waals surface area contributed by atoms with Crippen molar-refractivity contribution in [2.75, 3.05) is 11.5 Å². The van der Waals surface area contributed by atoms with E-state index in [2.05, 4.69) is 4.98 Å². The van der Waals surface area contributed by atoms with Gasteiger partial charge in [-0.3, -0.25) is 19.3 Å². The minimum absolute atomic E-state index is 0.0331. The summed E-state index contributed by atoms with van der Waals surface area (Å²) < 4.78 is 5.05. The van der Waals surface area contributed by atoms with Gasteiger partial charge in [-0.1, -0.05) is 35.1 Å². The van der Waals surface area contributed by atoms with Crippen LogP contribution in [-0.2, 0) is 14.3 Å². The van der Waals surface area contributed by atoms with Crippen molar-refractivity contribution in [1.82, 2.24) is 4.98 Å². The summed E-state index contributed by atoms with van der Waals surface area (Å²) in [5, 5.41) is 1.66. The molecule has 0 unspecified atom stereocenters. The van der Waals surface area contributed by atoms with Crippen LogP contribution in [0.4, 0.5) is 5.69 Å². The zero-order valence-electron chi connectivity index (χ0n) is 20.3. The topological polar surface area (TPSA) is 96.5 Å². The number of imide groups is 1. The lowest BCUT2D eigenvalue weighted by Crippen LogP contribution is -2.42. The first-order chi connectivity index (χ1) is 18.4. The molecule has 3 fully saturated rings. The monoisotopic (exact) mass is 566 g/mol. The second kappa shape index (κ2) is 8.83. The molecule has 2 aromatic carbocycles. The lowest BCUT2D eigenvalue weighted by atomic mass is 9.68. The molecular formula is C28H23ClN2O5S2. The van der Waals surface area contributed by atoms with Crippen molar-refractivity contribution in [3.05, 3.63) is 79.2 Å². The fourth-order valence-electron chi connectivity index (χ4n) is 7.28. The van der Waals surface area contributed by atoms with E-state index in [4.69, 9.17) is 16.3 Å².